The van der Waals surface area contributed by atoms with Gasteiger partial charge < -0.3 is 5.32 Å². The van der Waals surface area contributed by atoms with Crippen molar-refractivity contribution in [1.82, 2.24) is 10.7 Å². The van der Waals surface area contributed by atoms with Gasteiger partial charge in [0.05, 0.1) is 5.29 Å². The van der Waals surface area contributed by atoms with E-state index in [0.29, 0.717) is 6.54 Å². The molecule has 0 aliphatic heterocycles. The van der Waals surface area contributed by atoms with Crippen LogP contribution in [0.4, 0.5) is 4.79 Å². The Morgan fingerprint density at radius 1 is 0.905 bits per heavy atom. The van der Waals surface area contributed by atoms with E-state index in [0.717, 1.165) is 16.3 Å². The van der Waals surface area contributed by atoms with Gasteiger partial charge in [-0.15, -0.1) is 4.91 Å². The summed E-state index contributed by atoms with van der Waals surface area (Å²) in [5, 5.41) is 9.52. The van der Waals surface area contributed by atoms with E-state index in [9.17, 15) is 9.70 Å². The van der Waals surface area contributed by atoms with Gasteiger partial charge in [0.15, 0.2) is 0 Å². The maximum absolute atomic E-state index is 11.1. The Balaban J connectivity index is 1.90. The Morgan fingerprint density at radius 3 is 2.29 bits per heavy atom. The van der Waals surface area contributed by atoms with Crippen molar-refractivity contribution < 1.29 is 4.79 Å². The molecule has 2 N–H and O–H groups in total. The molecule has 21 heavy (non-hydrogen) atoms. The van der Waals surface area contributed by atoms with Crippen molar-refractivity contribution in [2.75, 3.05) is 0 Å². The lowest BCUT2D eigenvalue weighted by Crippen LogP contribution is -2.31. The SMILES string of the molecule is O=NNC(=O)NCc1ccc2cc3ccccc3cc2c1. The van der Waals surface area contributed by atoms with E-state index < -0.39 is 6.03 Å². The van der Waals surface area contributed by atoms with Crippen LogP contribution < -0.4 is 10.7 Å². The zero-order valence-corrected chi connectivity index (χ0v) is 11.2. The predicted molar refractivity (Wildman–Crippen MR) is 82.6 cm³/mol. The summed E-state index contributed by atoms with van der Waals surface area (Å²) >= 11 is 0. The maximum atomic E-state index is 11.1. The molecule has 2 amide bonds. The fourth-order valence-corrected chi connectivity index (χ4v) is 2.36. The van der Waals surface area contributed by atoms with Crippen LogP contribution in [0, 0.1) is 4.91 Å². The van der Waals surface area contributed by atoms with Crippen LogP contribution in [0.15, 0.2) is 59.9 Å². The number of fused-ring (bicyclic) bond motifs is 2. The highest BCUT2D eigenvalue weighted by Crippen LogP contribution is 2.23. The van der Waals surface area contributed by atoms with Crippen molar-refractivity contribution in [3.05, 3.63) is 65.1 Å². The first kappa shape index (κ1) is 13.1. The standard InChI is InChI=1S/C16H13N3O2/c20-16(18-19-21)17-10-11-5-6-14-8-12-3-1-2-4-13(12)9-15(14)7-11/h1-9H,10H2,(H2,17,18,20,21). The van der Waals surface area contributed by atoms with E-state index in [2.05, 4.69) is 34.9 Å². The molecule has 0 aliphatic carbocycles. The van der Waals surface area contributed by atoms with Gasteiger partial charge >= 0.3 is 6.03 Å². The summed E-state index contributed by atoms with van der Waals surface area (Å²) in [6.45, 7) is 0.337. The van der Waals surface area contributed by atoms with Crippen molar-refractivity contribution >= 4 is 27.6 Å². The molecular formula is C16H13N3O2. The maximum Gasteiger partial charge on any atom is 0.338 e. The lowest BCUT2D eigenvalue weighted by atomic mass is 10.0. The number of benzene rings is 3. The number of carbonyl (C=O) groups excluding carboxylic acids is 1. The molecule has 0 bridgehead atoms. The number of rotatable bonds is 3. The number of nitrogens with one attached hydrogen (secondary N) is 2. The van der Waals surface area contributed by atoms with Gasteiger partial charge in [-0.3, -0.25) is 0 Å². The van der Waals surface area contributed by atoms with Gasteiger partial charge in [-0.1, -0.05) is 36.4 Å². The number of hydrogen-bond donors (Lipinski definition) is 2. The lowest BCUT2D eigenvalue weighted by Gasteiger charge is -2.06. The molecule has 0 atom stereocenters. The van der Waals surface area contributed by atoms with Gasteiger partial charge in [-0.05, 0) is 45.3 Å². The first-order valence-corrected chi connectivity index (χ1v) is 6.54. The Kier molecular flexibility index (Phi) is 3.47. The second kappa shape index (κ2) is 5.58. The first-order valence-electron chi connectivity index (χ1n) is 6.54. The van der Waals surface area contributed by atoms with Gasteiger partial charge in [-0.2, -0.15) is 5.43 Å². The monoisotopic (exact) mass is 279 g/mol. The molecule has 0 aliphatic rings. The minimum absolute atomic E-state index is 0.337. The second-order valence-electron chi connectivity index (χ2n) is 4.77. The largest absolute Gasteiger partial charge is 0.338 e. The van der Waals surface area contributed by atoms with Crippen molar-refractivity contribution in [2.24, 2.45) is 5.29 Å². The molecule has 0 saturated heterocycles. The number of nitroso groups, excluding NO2 is 1. The topological polar surface area (TPSA) is 70.6 Å². The molecule has 0 fully saturated rings. The van der Waals surface area contributed by atoms with Crippen molar-refractivity contribution in [2.45, 2.75) is 6.54 Å². The summed E-state index contributed by atoms with van der Waals surface area (Å²) in [5.74, 6) is 0. The molecule has 104 valence electrons. The average Bonchev–Trinajstić information content (AvgIpc) is 2.51. The molecule has 5 nitrogen and oxygen atoms in total. The molecule has 0 saturated carbocycles. The summed E-state index contributed by atoms with van der Waals surface area (Å²) in [6, 6.07) is 17.8. The minimum Gasteiger partial charge on any atom is -0.333 e. The van der Waals surface area contributed by atoms with Gasteiger partial charge in [0.2, 0.25) is 0 Å². The second-order valence-corrected chi connectivity index (χ2v) is 4.77. The number of hydrogen-bond acceptors (Lipinski definition) is 3. The van der Waals surface area contributed by atoms with E-state index in [-0.39, 0.29) is 0 Å². The summed E-state index contributed by atoms with van der Waals surface area (Å²) in [6.07, 6.45) is 0. The fraction of sp³-hybridized carbons (Fsp3) is 0.0625. The molecule has 0 radical (unpaired) electrons. The summed E-state index contributed by atoms with van der Waals surface area (Å²) < 4.78 is 0. The Bertz CT molecular complexity index is 830. The van der Waals surface area contributed by atoms with Crippen LogP contribution in [0.25, 0.3) is 21.5 Å². The summed E-state index contributed by atoms with van der Waals surface area (Å²) in [4.78, 5) is 21.0. The van der Waals surface area contributed by atoms with Gasteiger partial charge in [-0.25, -0.2) is 4.79 Å². The summed E-state index contributed by atoms with van der Waals surface area (Å²) in [7, 11) is 0. The molecule has 3 aromatic carbocycles. The quantitative estimate of drug-likeness (QED) is 0.438. The molecule has 0 aromatic heterocycles. The number of urea groups is 1. The van der Waals surface area contributed by atoms with Crippen molar-refractivity contribution in [3.63, 3.8) is 0 Å². The zero-order valence-electron chi connectivity index (χ0n) is 11.2. The first-order chi connectivity index (χ1) is 10.3. The van der Waals surface area contributed by atoms with Crippen LogP contribution >= 0.6 is 0 Å². The number of nitrogens with zero attached hydrogens (tertiary/aromatic N) is 1. The van der Waals surface area contributed by atoms with Crippen LogP contribution in [-0.2, 0) is 6.54 Å². The molecule has 0 heterocycles. The number of amides is 2. The Morgan fingerprint density at radius 2 is 1.57 bits per heavy atom. The fourth-order valence-electron chi connectivity index (χ4n) is 2.36. The van der Waals surface area contributed by atoms with Crippen LogP contribution in [0.3, 0.4) is 0 Å². The third-order valence-electron chi connectivity index (χ3n) is 3.37. The van der Waals surface area contributed by atoms with Gasteiger partial charge in [0.1, 0.15) is 0 Å². The normalized spacial score (nSPS) is 10.5. The third-order valence-corrected chi connectivity index (χ3v) is 3.37. The minimum atomic E-state index is -0.608. The van der Waals surface area contributed by atoms with Crippen LogP contribution in [0.5, 0.6) is 0 Å². The molecule has 3 aromatic rings. The molecule has 0 spiro atoms. The summed E-state index contributed by atoms with van der Waals surface area (Å²) in [5.41, 5.74) is 2.75. The Hall–Kier alpha value is -2.95. The van der Waals surface area contributed by atoms with E-state index >= 15 is 0 Å². The zero-order chi connectivity index (χ0) is 14.7. The molecule has 3 rings (SSSR count). The van der Waals surface area contributed by atoms with Gasteiger partial charge in [0.25, 0.3) is 0 Å². The predicted octanol–water partition coefficient (Wildman–Crippen LogP) is 3.47. The number of carbonyl (C=O) groups is 1. The van der Waals surface area contributed by atoms with Crippen LogP contribution in [0.1, 0.15) is 5.56 Å². The lowest BCUT2D eigenvalue weighted by molar-refractivity contribution is 0.241. The van der Waals surface area contributed by atoms with E-state index in [1.54, 1.807) is 5.43 Å². The molecule has 5 heteroatoms. The van der Waals surface area contributed by atoms with Gasteiger partial charge in [0, 0.05) is 6.54 Å². The molecule has 0 unspecified atom stereocenters. The third kappa shape index (κ3) is 2.81. The Labute approximate surface area is 120 Å². The highest BCUT2D eigenvalue weighted by atomic mass is 16.3. The van der Waals surface area contributed by atoms with Crippen LogP contribution in [-0.4, -0.2) is 6.03 Å². The highest BCUT2D eigenvalue weighted by Gasteiger charge is 2.02. The average molecular weight is 279 g/mol. The van der Waals surface area contributed by atoms with Crippen LogP contribution in [0.2, 0.25) is 0 Å². The van der Waals surface area contributed by atoms with Crippen molar-refractivity contribution in [3.8, 4) is 0 Å². The molecular weight excluding hydrogens is 266 g/mol. The van der Waals surface area contributed by atoms with E-state index in [1.807, 2.05) is 30.3 Å². The van der Waals surface area contributed by atoms with E-state index in [4.69, 9.17) is 0 Å². The van der Waals surface area contributed by atoms with E-state index in [1.165, 1.54) is 10.8 Å². The van der Waals surface area contributed by atoms with Crippen molar-refractivity contribution in [1.29, 1.82) is 0 Å². The smallest absolute Gasteiger partial charge is 0.333 e. The highest BCUT2D eigenvalue weighted by molar-refractivity contribution is 5.98.